The van der Waals surface area contributed by atoms with Crippen molar-refractivity contribution in [3.8, 4) is 11.1 Å². The highest BCUT2D eigenvalue weighted by molar-refractivity contribution is 7.90. The molecule has 1 heterocycles. The van der Waals surface area contributed by atoms with Crippen LogP contribution in [-0.4, -0.2) is 48.8 Å². The molecule has 0 radical (unpaired) electrons. The van der Waals surface area contributed by atoms with Gasteiger partial charge >= 0.3 is 6.43 Å². The molecule has 7 nitrogen and oxygen atoms in total. The number of rotatable bonds is 10. The molecule has 0 aliphatic heterocycles. The summed E-state index contributed by atoms with van der Waals surface area (Å²) >= 11 is 0. The number of alkyl halides is 3. The lowest BCUT2D eigenvalue weighted by Gasteiger charge is -2.22. The summed E-state index contributed by atoms with van der Waals surface area (Å²) in [5.74, 6) is -1.65. The lowest BCUT2D eigenvalue weighted by atomic mass is 9.99. The number of aliphatic hydroxyl groups is 1. The molecule has 2 atom stereocenters. The van der Waals surface area contributed by atoms with E-state index < -0.39 is 41.2 Å². The van der Waals surface area contributed by atoms with Crippen molar-refractivity contribution in [1.82, 2.24) is 15.0 Å². The van der Waals surface area contributed by atoms with Gasteiger partial charge in [0.1, 0.15) is 12.8 Å². The number of hydrogen-bond donors (Lipinski definition) is 3. The number of carbonyl (C=O) groups is 1. The number of amides is 1. The second-order valence-electron chi connectivity index (χ2n) is 7.24. The van der Waals surface area contributed by atoms with Gasteiger partial charge in [-0.25, -0.2) is 17.5 Å². The van der Waals surface area contributed by atoms with E-state index in [1.54, 1.807) is 35.8 Å². The van der Waals surface area contributed by atoms with E-state index >= 15 is 0 Å². The van der Waals surface area contributed by atoms with Crippen LogP contribution in [0.5, 0.6) is 0 Å². The Morgan fingerprint density at radius 1 is 1.13 bits per heavy atom. The standard InChI is InChI=1S/C20H22F3N3O4S/c21-9-17(26-20(28)19(22)23)18(27)13-3-1-12(2-4-13)14-5-6-15(24-10-14)11-25-31(29,30)16-7-8-16/h1-6,10,16-19,25,27H,7-9,11H2,(H,26,28). The number of nitrogens with zero attached hydrogens (tertiary/aromatic N) is 1. The average molecular weight is 457 g/mol. The lowest BCUT2D eigenvalue weighted by molar-refractivity contribution is -0.133. The molecule has 1 aromatic carbocycles. The third kappa shape index (κ3) is 6.02. The fourth-order valence-electron chi connectivity index (χ4n) is 2.92. The second kappa shape index (κ2) is 9.75. The van der Waals surface area contributed by atoms with Crippen molar-refractivity contribution in [2.75, 3.05) is 6.67 Å². The van der Waals surface area contributed by atoms with Crippen molar-refractivity contribution in [2.24, 2.45) is 0 Å². The molecule has 1 aliphatic carbocycles. The largest absolute Gasteiger partial charge is 0.386 e. The van der Waals surface area contributed by atoms with Crippen molar-refractivity contribution in [2.45, 2.75) is 43.2 Å². The van der Waals surface area contributed by atoms with Crippen LogP contribution in [0.3, 0.4) is 0 Å². The Bertz CT molecular complexity index is 997. The van der Waals surface area contributed by atoms with E-state index in [-0.39, 0.29) is 17.4 Å². The van der Waals surface area contributed by atoms with Crippen molar-refractivity contribution in [3.05, 3.63) is 53.9 Å². The van der Waals surface area contributed by atoms with Gasteiger partial charge in [0.25, 0.3) is 5.91 Å². The van der Waals surface area contributed by atoms with E-state index in [1.807, 2.05) is 0 Å². The van der Waals surface area contributed by atoms with Gasteiger partial charge < -0.3 is 10.4 Å². The van der Waals surface area contributed by atoms with E-state index in [4.69, 9.17) is 0 Å². The van der Waals surface area contributed by atoms with Gasteiger partial charge in [-0.2, -0.15) is 8.78 Å². The molecule has 3 rings (SSSR count). The molecule has 11 heteroatoms. The zero-order valence-electron chi connectivity index (χ0n) is 16.3. The minimum absolute atomic E-state index is 0.0964. The van der Waals surface area contributed by atoms with Gasteiger partial charge in [0.15, 0.2) is 0 Å². The summed E-state index contributed by atoms with van der Waals surface area (Å²) in [7, 11) is -3.29. The molecular weight excluding hydrogens is 435 g/mol. The van der Waals surface area contributed by atoms with E-state index in [1.165, 1.54) is 12.1 Å². The normalized spacial score (nSPS) is 16.2. The summed E-state index contributed by atoms with van der Waals surface area (Å²) in [6.07, 6.45) is -1.88. The van der Waals surface area contributed by atoms with Crippen LogP contribution < -0.4 is 10.0 Å². The minimum Gasteiger partial charge on any atom is -0.386 e. The summed E-state index contributed by atoms with van der Waals surface area (Å²) in [5.41, 5.74) is 2.26. The zero-order valence-corrected chi connectivity index (χ0v) is 17.2. The molecule has 1 fully saturated rings. The summed E-state index contributed by atoms with van der Waals surface area (Å²) in [6, 6.07) is 8.21. The highest BCUT2D eigenvalue weighted by Gasteiger charge is 2.35. The van der Waals surface area contributed by atoms with E-state index in [2.05, 4.69) is 9.71 Å². The molecule has 1 aliphatic rings. The van der Waals surface area contributed by atoms with Crippen LogP contribution in [0.1, 0.15) is 30.2 Å². The van der Waals surface area contributed by atoms with Gasteiger partial charge in [0.2, 0.25) is 10.0 Å². The molecule has 0 bridgehead atoms. The molecule has 1 aromatic heterocycles. The van der Waals surface area contributed by atoms with Crippen LogP contribution in [0.15, 0.2) is 42.6 Å². The molecule has 1 saturated carbocycles. The SMILES string of the molecule is O=C(NC(CF)C(O)c1ccc(-c2ccc(CNS(=O)(=O)C3CC3)nc2)cc1)C(F)F. The summed E-state index contributed by atoms with van der Waals surface area (Å²) in [5, 5.41) is 11.7. The summed E-state index contributed by atoms with van der Waals surface area (Å²) in [6.45, 7) is -1.11. The van der Waals surface area contributed by atoms with Crippen molar-refractivity contribution in [1.29, 1.82) is 0 Å². The third-order valence-corrected chi connectivity index (χ3v) is 6.80. The molecule has 1 amide bonds. The fraction of sp³-hybridized carbons (Fsp3) is 0.400. The molecule has 31 heavy (non-hydrogen) atoms. The van der Waals surface area contributed by atoms with Crippen LogP contribution in [0, 0.1) is 0 Å². The number of pyridine rings is 1. The van der Waals surface area contributed by atoms with Gasteiger partial charge in [-0.15, -0.1) is 0 Å². The first kappa shape index (κ1) is 23.2. The Morgan fingerprint density at radius 2 is 1.77 bits per heavy atom. The van der Waals surface area contributed by atoms with E-state index in [0.29, 0.717) is 18.5 Å². The van der Waals surface area contributed by atoms with Crippen LogP contribution in [-0.2, 0) is 21.4 Å². The summed E-state index contributed by atoms with van der Waals surface area (Å²) in [4.78, 5) is 15.3. The lowest BCUT2D eigenvalue weighted by Crippen LogP contribution is -2.43. The number of hydrogen-bond acceptors (Lipinski definition) is 5. The number of benzene rings is 1. The van der Waals surface area contributed by atoms with Crippen molar-refractivity contribution in [3.63, 3.8) is 0 Å². The highest BCUT2D eigenvalue weighted by atomic mass is 32.2. The fourth-order valence-corrected chi connectivity index (χ4v) is 4.26. The minimum atomic E-state index is -3.30. The predicted octanol–water partition coefficient (Wildman–Crippen LogP) is 2.08. The Hall–Kier alpha value is -2.50. The smallest absolute Gasteiger partial charge is 0.315 e. The molecule has 0 saturated heterocycles. The zero-order chi connectivity index (χ0) is 22.6. The van der Waals surface area contributed by atoms with Gasteiger partial charge in [-0.1, -0.05) is 30.3 Å². The maximum Gasteiger partial charge on any atom is 0.315 e. The molecule has 3 N–H and O–H groups in total. The molecule has 168 valence electrons. The number of halogens is 3. The molecular formula is C20H22F3N3O4S. The number of aromatic nitrogens is 1. The van der Waals surface area contributed by atoms with Crippen molar-refractivity contribution < 1.29 is 31.5 Å². The third-order valence-electron chi connectivity index (χ3n) is 4.90. The Morgan fingerprint density at radius 3 is 2.29 bits per heavy atom. The second-order valence-corrected chi connectivity index (χ2v) is 9.29. The van der Waals surface area contributed by atoms with Crippen LogP contribution in [0.2, 0.25) is 0 Å². The predicted molar refractivity (Wildman–Crippen MR) is 107 cm³/mol. The maximum atomic E-state index is 13.1. The van der Waals surface area contributed by atoms with E-state index in [0.717, 1.165) is 11.1 Å². The van der Waals surface area contributed by atoms with Gasteiger partial charge in [-0.05, 0) is 30.0 Å². The monoisotopic (exact) mass is 457 g/mol. The van der Waals surface area contributed by atoms with Gasteiger partial charge in [0, 0.05) is 11.8 Å². The molecule has 2 aromatic rings. The van der Waals surface area contributed by atoms with Crippen LogP contribution in [0.4, 0.5) is 13.2 Å². The quantitative estimate of drug-likeness (QED) is 0.506. The van der Waals surface area contributed by atoms with Crippen LogP contribution in [0.25, 0.3) is 11.1 Å². The molecule has 2 unspecified atom stereocenters. The maximum absolute atomic E-state index is 13.1. The van der Waals surface area contributed by atoms with Crippen LogP contribution >= 0.6 is 0 Å². The Labute approximate surface area is 177 Å². The number of carbonyl (C=O) groups excluding carboxylic acids is 1. The van der Waals surface area contributed by atoms with Gasteiger partial charge in [0.05, 0.1) is 23.5 Å². The average Bonchev–Trinajstić information content (AvgIpc) is 3.62. The molecule has 0 spiro atoms. The number of sulfonamides is 1. The first-order chi connectivity index (χ1) is 14.7. The first-order valence-electron chi connectivity index (χ1n) is 9.57. The van der Waals surface area contributed by atoms with Gasteiger partial charge in [-0.3, -0.25) is 9.78 Å². The number of nitrogens with one attached hydrogen (secondary N) is 2. The first-order valence-corrected chi connectivity index (χ1v) is 11.1. The Kier molecular flexibility index (Phi) is 7.29. The highest BCUT2D eigenvalue weighted by Crippen LogP contribution is 2.27. The Balaban J connectivity index is 1.63. The summed E-state index contributed by atoms with van der Waals surface area (Å²) < 4.78 is 64.1. The van der Waals surface area contributed by atoms with E-state index in [9.17, 15) is 31.5 Å². The topological polar surface area (TPSA) is 108 Å². The number of aliphatic hydroxyl groups excluding tert-OH is 1. The van der Waals surface area contributed by atoms with Crippen molar-refractivity contribution >= 4 is 15.9 Å².